The Balaban J connectivity index is 4.38. The summed E-state index contributed by atoms with van der Waals surface area (Å²) < 4.78 is 34.4. The summed E-state index contributed by atoms with van der Waals surface area (Å²) in [5.41, 5.74) is 0. The van der Waals surface area contributed by atoms with Gasteiger partial charge in [0.15, 0.2) is 0 Å². The third-order valence-corrected chi connectivity index (χ3v) is 8.58. The van der Waals surface area contributed by atoms with Crippen LogP contribution < -0.4 is 4.89 Å². The number of phosphoric acid groups is 1. The highest BCUT2D eigenvalue weighted by Crippen LogP contribution is 2.38. The molecule has 2 unspecified atom stereocenters. The number of quaternary nitrogens is 1. The molecule has 0 aliphatic rings. The molecule has 280 valence electrons. The van der Waals surface area contributed by atoms with Gasteiger partial charge in [0.2, 0.25) is 0 Å². The fourth-order valence-corrected chi connectivity index (χ4v) is 5.40. The molecular weight excluding hydrogens is 625 g/mol. The van der Waals surface area contributed by atoms with E-state index in [1.165, 1.54) is 57.8 Å². The van der Waals surface area contributed by atoms with Crippen LogP contribution in [-0.2, 0) is 27.9 Å². The van der Waals surface area contributed by atoms with Crippen LogP contribution in [0, 0.1) is 0 Å². The van der Waals surface area contributed by atoms with Gasteiger partial charge >= 0.3 is 5.97 Å². The molecule has 9 heteroatoms. The number of phosphoric ester groups is 1. The second-order valence-corrected chi connectivity index (χ2v) is 15.0. The van der Waals surface area contributed by atoms with Crippen LogP contribution in [0.3, 0.4) is 0 Å². The fourth-order valence-electron chi connectivity index (χ4n) is 4.67. The van der Waals surface area contributed by atoms with Crippen LogP contribution in [0.5, 0.6) is 0 Å². The van der Waals surface area contributed by atoms with Crippen molar-refractivity contribution in [3.63, 3.8) is 0 Å². The van der Waals surface area contributed by atoms with Crippen LogP contribution in [0.1, 0.15) is 136 Å². The summed E-state index contributed by atoms with van der Waals surface area (Å²) in [5.74, 6) is -0.368. The summed E-state index contributed by atoms with van der Waals surface area (Å²) in [6, 6.07) is 0. The molecule has 0 bridgehead atoms. The van der Waals surface area contributed by atoms with E-state index in [1.807, 2.05) is 21.1 Å². The maximum atomic E-state index is 12.6. The number of likely N-dealkylation sites (N-methyl/N-ethyl adjacent to an activating group) is 1. The van der Waals surface area contributed by atoms with Crippen LogP contribution >= 0.6 is 7.82 Å². The lowest BCUT2D eigenvalue weighted by molar-refractivity contribution is -0.870. The average molecular weight is 698 g/mol. The van der Waals surface area contributed by atoms with Gasteiger partial charge in [0.05, 0.1) is 34.4 Å². The molecule has 0 aromatic rings. The van der Waals surface area contributed by atoms with Crippen molar-refractivity contribution in [3.05, 3.63) is 48.6 Å². The van der Waals surface area contributed by atoms with E-state index in [2.05, 4.69) is 62.5 Å². The third-order valence-electron chi connectivity index (χ3n) is 7.61. The van der Waals surface area contributed by atoms with Crippen LogP contribution in [0.4, 0.5) is 0 Å². The molecule has 0 amide bonds. The molecule has 0 radical (unpaired) electrons. The van der Waals surface area contributed by atoms with E-state index in [1.54, 1.807) is 0 Å². The molecule has 0 saturated carbocycles. The van der Waals surface area contributed by atoms with Gasteiger partial charge in [0.25, 0.3) is 7.82 Å². The predicted octanol–water partition coefficient (Wildman–Crippen LogP) is 9.80. The van der Waals surface area contributed by atoms with E-state index in [4.69, 9.17) is 18.5 Å². The molecule has 8 nitrogen and oxygen atoms in total. The van der Waals surface area contributed by atoms with Gasteiger partial charge in [-0.3, -0.25) is 9.36 Å². The standard InChI is InChI=1S/C39H72NO7P/c1-6-8-10-12-14-16-18-20-22-24-26-28-30-32-39(41)47-38(37-46-48(42,43)45-35-33-40(3,4)5)36-44-34-31-29-27-25-23-21-19-17-15-13-11-9-7-2/h8,10,14-17,20,22,38H,6-7,9,11-13,18-19,21,23-37H2,1-5H3/b10-8-,16-14-,17-15-,22-20-. The van der Waals surface area contributed by atoms with Crippen LogP contribution in [0.2, 0.25) is 0 Å². The first-order chi connectivity index (χ1) is 23.1. The number of unbranched alkanes of at least 4 members (excludes halogenated alkanes) is 12. The summed E-state index contributed by atoms with van der Waals surface area (Å²) in [6.45, 7) is 5.19. The van der Waals surface area contributed by atoms with E-state index in [0.29, 0.717) is 24.1 Å². The molecule has 0 fully saturated rings. The van der Waals surface area contributed by atoms with Gasteiger partial charge < -0.3 is 27.9 Å². The lowest BCUT2D eigenvalue weighted by Crippen LogP contribution is -2.37. The zero-order chi connectivity index (χ0) is 35.6. The minimum absolute atomic E-state index is 0.0174. The van der Waals surface area contributed by atoms with E-state index in [-0.39, 0.29) is 32.2 Å². The van der Waals surface area contributed by atoms with Crippen molar-refractivity contribution in [2.24, 2.45) is 0 Å². The summed E-state index contributed by atoms with van der Waals surface area (Å²) in [7, 11) is 1.32. The predicted molar refractivity (Wildman–Crippen MR) is 199 cm³/mol. The molecule has 0 saturated heterocycles. The fraction of sp³-hybridized carbons (Fsp3) is 0.769. The highest BCUT2D eigenvalue weighted by molar-refractivity contribution is 7.45. The Morgan fingerprint density at radius 3 is 1.83 bits per heavy atom. The number of carbonyl (C=O) groups excluding carboxylic acids is 1. The highest BCUT2D eigenvalue weighted by atomic mass is 31.2. The molecule has 0 spiro atoms. The lowest BCUT2D eigenvalue weighted by Gasteiger charge is -2.28. The Hall–Kier alpha value is -1.54. The molecule has 0 aliphatic heterocycles. The Morgan fingerprint density at radius 2 is 1.21 bits per heavy atom. The number of nitrogens with zero attached hydrogens (tertiary/aromatic N) is 1. The molecule has 0 rings (SSSR count). The third kappa shape index (κ3) is 35.8. The van der Waals surface area contributed by atoms with Gasteiger partial charge in [-0.1, -0.05) is 107 Å². The van der Waals surface area contributed by atoms with Crippen molar-refractivity contribution < 1.29 is 37.3 Å². The zero-order valence-electron chi connectivity index (χ0n) is 31.4. The monoisotopic (exact) mass is 698 g/mol. The molecule has 0 heterocycles. The Kier molecular flexibility index (Phi) is 31.6. The first kappa shape index (κ1) is 46.5. The minimum Gasteiger partial charge on any atom is -0.756 e. The van der Waals surface area contributed by atoms with Crippen molar-refractivity contribution >= 4 is 13.8 Å². The summed E-state index contributed by atoms with van der Waals surface area (Å²) in [4.78, 5) is 24.9. The smallest absolute Gasteiger partial charge is 0.306 e. The maximum Gasteiger partial charge on any atom is 0.306 e. The first-order valence-corrected chi connectivity index (χ1v) is 20.3. The molecular formula is C39H72NO7P. The largest absolute Gasteiger partial charge is 0.756 e. The van der Waals surface area contributed by atoms with Crippen molar-refractivity contribution in [1.29, 1.82) is 0 Å². The van der Waals surface area contributed by atoms with Gasteiger partial charge in [-0.15, -0.1) is 0 Å². The van der Waals surface area contributed by atoms with E-state index in [0.717, 1.165) is 51.4 Å². The Labute approximate surface area is 295 Å². The number of hydrogen-bond acceptors (Lipinski definition) is 7. The number of hydrogen-bond donors (Lipinski definition) is 0. The SMILES string of the molecule is CC/C=C\C/C=C\C/C=C\CCCCCC(=O)OC(COCCCCCCCC/C=C\CCCCC)COP(=O)([O-])OCC[N+](C)(C)C. The maximum absolute atomic E-state index is 12.6. The van der Waals surface area contributed by atoms with E-state index >= 15 is 0 Å². The number of rotatable bonds is 34. The molecule has 0 aliphatic carbocycles. The number of ether oxygens (including phenoxy) is 2. The molecule has 48 heavy (non-hydrogen) atoms. The Morgan fingerprint density at radius 1 is 0.667 bits per heavy atom. The van der Waals surface area contributed by atoms with Gasteiger partial charge in [-0.2, -0.15) is 0 Å². The molecule has 0 aromatic heterocycles. The summed E-state index contributed by atoms with van der Waals surface area (Å²) in [6.07, 6.45) is 36.9. The van der Waals surface area contributed by atoms with Crippen molar-refractivity contribution in [2.75, 3.05) is 54.1 Å². The first-order valence-electron chi connectivity index (χ1n) is 18.9. The van der Waals surface area contributed by atoms with Crippen molar-refractivity contribution in [1.82, 2.24) is 0 Å². The van der Waals surface area contributed by atoms with Crippen LogP contribution in [0.15, 0.2) is 48.6 Å². The van der Waals surface area contributed by atoms with Crippen molar-refractivity contribution in [3.8, 4) is 0 Å². The number of allylic oxidation sites excluding steroid dienone is 8. The van der Waals surface area contributed by atoms with E-state index in [9.17, 15) is 14.3 Å². The second kappa shape index (κ2) is 32.7. The normalized spacial score (nSPS) is 14.5. The Bertz CT molecular complexity index is 911. The van der Waals surface area contributed by atoms with Crippen LogP contribution in [0.25, 0.3) is 0 Å². The molecule has 0 N–H and O–H groups in total. The lowest BCUT2D eigenvalue weighted by atomic mass is 10.1. The highest BCUT2D eigenvalue weighted by Gasteiger charge is 2.20. The summed E-state index contributed by atoms with van der Waals surface area (Å²) in [5, 5.41) is 0. The van der Waals surface area contributed by atoms with Crippen LogP contribution in [-0.4, -0.2) is 70.7 Å². The molecule has 0 aromatic carbocycles. The van der Waals surface area contributed by atoms with Gasteiger partial charge in [0.1, 0.15) is 19.3 Å². The van der Waals surface area contributed by atoms with Gasteiger partial charge in [-0.25, -0.2) is 0 Å². The topological polar surface area (TPSA) is 94.1 Å². The van der Waals surface area contributed by atoms with Crippen molar-refractivity contribution in [2.45, 2.75) is 142 Å². The molecule has 2 atom stereocenters. The average Bonchev–Trinajstić information content (AvgIpc) is 3.03. The quantitative estimate of drug-likeness (QED) is 0.0217. The minimum atomic E-state index is -4.53. The summed E-state index contributed by atoms with van der Waals surface area (Å²) >= 11 is 0. The zero-order valence-corrected chi connectivity index (χ0v) is 32.3. The number of carbonyl (C=O) groups is 1. The number of esters is 1. The van der Waals surface area contributed by atoms with Gasteiger partial charge in [-0.05, 0) is 70.6 Å². The van der Waals surface area contributed by atoms with E-state index < -0.39 is 13.9 Å². The second-order valence-electron chi connectivity index (χ2n) is 13.5. The van der Waals surface area contributed by atoms with Gasteiger partial charge in [0, 0.05) is 13.0 Å².